The first-order chi connectivity index (χ1) is 9.70. The van der Waals surface area contributed by atoms with Crippen LogP contribution >= 0.6 is 0 Å². The minimum absolute atomic E-state index is 0.617. The molecule has 1 aromatic rings. The second kappa shape index (κ2) is 5.87. The molecule has 20 heavy (non-hydrogen) atoms. The van der Waals surface area contributed by atoms with E-state index in [-0.39, 0.29) is 0 Å². The third-order valence-electron chi connectivity index (χ3n) is 5.52. The Hall–Kier alpha value is -0.860. The summed E-state index contributed by atoms with van der Waals surface area (Å²) < 4.78 is 0. The van der Waals surface area contributed by atoms with E-state index in [1.807, 2.05) is 0 Å². The first-order valence-electron chi connectivity index (χ1n) is 8.25. The van der Waals surface area contributed by atoms with Gasteiger partial charge in [-0.1, -0.05) is 31.2 Å². The van der Waals surface area contributed by atoms with Gasteiger partial charge in [-0.2, -0.15) is 0 Å². The molecule has 0 bridgehead atoms. The highest BCUT2D eigenvalue weighted by Gasteiger charge is 2.34. The van der Waals surface area contributed by atoms with Gasteiger partial charge in [0.25, 0.3) is 0 Å². The first kappa shape index (κ1) is 14.1. The lowest BCUT2D eigenvalue weighted by Gasteiger charge is -2.45. The molecule has 2 nitrogen and oxygen atoms in total. The molecular formula is C18H28N2. The lowest BCUT2D eigenvalue weighted by atomic mass is 9.79. The molecule has 0 aromatic heterocycles. The van der Waals surface area contributed by atoms with Gasteiger partial charge in [0.1, 0.15) is 0 Å². The Morgan fingerprint density at radius 2 is 1.80 bits per heavy atom. The summed E-state index contributed by atoms with van der Waals surface area (Å²) in [5.74, 6) is 1.41. The summed E-state index contributed by atoms with van der Waals surface area (Å²) in [6.45, 7) is 6.80. The lowest BCUT2D eigenvalue weighted by molar-refractivity contribution is 0.0632. The van der Waals surface area contributed by atoms with Crippen LogP contribution in [0, 0.1) is 5.92 Å². The van der Waals surface area contributed by atoms with E-state index in [0.29, 0.717) is 23.9 Å². The Bertz CT molecular complexity index is 456. The molecular weight excluding hydrogens is 244 g/mol. The van der Waals surface area contributed by atoms with Crippen molar-refractivity contribution in [1.82, 2.24) is 4.90 Å². The summed E-state index contributed by atoms with van der Waals surface area (Å²) in [5, 5.41) is 0. The van der Waals surface area contributed by atoms with Crippen molar-refractivity contribution in [1.29, 1.82) is 0 Å². The second-order valence-electron chi connectivity index (χ2n) is 6.85. The fourth-order valence-electron chi connectivity index (χ4n) is 4.17. The standard InChI is InChI=1S/C18H28N2/c1-13-7-10-18(17-6-4-3-5-16(13)17)20-12-15(11-19)9-8-14(20)2/h3-6,13-15,18H,7-12,19H2,1-2H3. The maximum Gasteiger partial charge on any atom is 0.0354 e. The maximum atomic E-state index is 5.93. The van der Waals surface area contributed by atoms with Crippen molar-refractivity contribution >= 4 is 0 Å². The molecule has 1 heterocycles. The summed E-state index contributed by atoms with van der Waals surface area (Å²) >= 11 is 0. The molecule has 0 radical (unpaired) electrons. The van der Waals surface area contributed by atoms with Crippen molar-refractivity contribution in [2.24, 2.45) is 11.7 Å². The Kier molecular flexibility index (Phi) is 4.13. The Morgan fingerprint density at radius 1 is 1.05 bits per heavy atom. The predicted molar refractivity (Wildman–Crippen MR) is 84.8 cm³/mol. The number of rotatable bonds is 2. The number of nitrogens with zero attached hydrogens (tertiary/aromatic N) is 1. The molecule has 4 atom stereocenters. The van der Waals surface area contributed by atoms with Crippen LogP contribution in [0.15, 0.2) is 24.3 Å². The van der Waals surface area contributed by atoms with Gasteiger partial charge in [0.15, 0.2) is 0 Å². The Morgan fingerprint density at radius 3 is 2.55 bits per heavy atom. The van der Waals surface area contributed by atoms with Gasteiger partial charge >= 0.3 is 0 Å². The smallest absolute Gasteiger partial charge is 0.0354 e. The lowest BCUT2D eigenvalue weighted by Crippen LogP contribution is -2.46. The van der Waals surface area contributed by atoms with Gasteiger partial charge in [0.2, 0.25) is 0 Å². The highest BCUT2D eigenvalue weighted by molar-refractivity contribution is 5.35. The highest BCUT2D eigenvalue weighted by Crippen LogP contribution is 2.42. The number of hydrogen-bond acceptors (Lipinski definition) is 2. The summed E-state index contributed by atoms with van der Waals surface area (Å²) in [4.78, 5) is 2.74. The number of hydrogen-bond donors (Lipinski definition) is 1. The number of fused-ring (bicyclic) bond motifs is 1. The van der Waals surface area contributed by atoms with Crippen LogP contribution in [0.4, 0.5) is 0 Å². The first-order valence-corrected chi connectivity index (χ1v) is 8.25. The van der Waals surface area contributed by atoms with Gasteiger partial charge in [-0.3, -0.25) is 4.90 Å². The van der Waals surface area contributed by atoms with Crippen LogP contribution < -0.4 is 5.73 Å². The van der Waals surface area contributed by atoms with E-state index >= 15 is 0 Å². The third-order valence-corrected chi connectivity index (χ3v) is 5.52. The number of likely N-dealkylation sites (tertiary alicyclic amines) is 1. The van der Waals surface area contributed by atoms with Crippen LogP contribution in [-0.2, 0) is 0 Å². The molecule has 2 N–H and O–H groups in total. The number of benzene rings is 1. The topological polar surface area (TPSA) is 29.3 Å². The van der Waals surface area contributed by atoms with Gasteiger partial charge in [-0.15, -0.1) is 0 Å². The third kappa shape index (κ3) is 2.51. The van der Waals surface area contributed by atoms with Crippen molar-refractivity contribution in [2.45, 2.75) is 57.5 Å². The van der Waals surface area contributed by atoms with Gasteiger partial charge in [0.05, 0.1) is 0 Å². The summed E-state index contributed by atoms with van der Waals surface area (Å²) in [6.07, 6.45) is 5.23. The number of nitrogens with two attached hydrogens (primary N) is 1. The molecule has 0 amide bonds. The van der Waals surface area contributed by atoms with Gasteiger partial charge in [-0.25, -0.2) is 0 Å². The van der Waals surface area contributed by atoms with Crippen molar-refractivity contribution in [3.05, 3.63) is 35.4 Å². The molecule has 0 saturated carbocycles. The van der Waals surface area contributed by atoms with E-state index in [9.17, 15) is 0 Å². The molecule has 0 spiro atoms. The van der Waals surface area contributed by atoms with Crippen molar-refractivity contribution in [2.75, 3.05) is 13.1 Å². The summed E-state index contributed by atoms with van der Waals surface area (Å²) in [7, 11) is 0. The average molecular weight is 272 g/mol. The van der Waals surface area contributed by atoms with E-state index in [1.54, 1.807) is 11.1 Å². The zero-order valence-corrected chi connectivity index (χ0v) is 12.9. The van der Waals surface area contributed by atoms with E-state index in [0.717, 1.165) is 6.54 Å². The molecule has 3 rings (SSSR count). The molecule has 110 valence electrons. The van der Waals surface area contributed by atoms with E-state index < -0.39 is 0 Å². The molecule has 2 heteroatoms. The van der Waals surface area contributed by atoms with Crippen molar-refractivity contribution in [3.63, 3.8) is 0 Å². The minimum atomic E-state index is 0.617. The SMILES string of the molecule is CC1CCC(N2CC(CN)CCC2C)c2ccccc21. The fourth-order valence-corrected chi connectivity index (χ4v) is 4.17. The monoisotopic (exact) mass is 272 g/mol. The normalized spacial score (nSPS) is 34.8. The van der Waals surface area contributed by atoms with E-state index in [4.69, 9.17) is 5.73 Å². The fraction of sp³-hybridized carbons (Fsp3) is 0.667. The van der Waals surface area contributed by atoms with E-state index in [1.165, 1.54) is 32.2 Å². The molecule has 1 saturated heterocycles. The van der Waals surface area contributed by atoms with Crippen molar-refractivity contribution < 1.29 is 0 Å². The quantitative estimate of drug-likeness (QED) is 0.890. The second-order valence-corrected chi connectivity index (χ2v) is 6.85. The minimum Gasteiger partial charge on any atom is -0.330 e. The maximum absolute atomic E-state index is 5.93. The van der Waals surface area contributed by atoms with Gasteiger partial charge in [0, 0.05) is 18.6 Å². The largest absolute Gasteiger partial charge is 0.330 e. The van der Waals surface area contributed by atoms with Crippen LogP contribution in [0.5, 0.6) is 0 Å². The predicted octanol–water partition coefficient (Wildman–Crippen LogP) is 3.68. The summed E-state index contributed by atoms with van der Waals surface area (Å²) in [6, 6.07) is 10.4. The van der Waals surface area contributed by atoms with Crippen LogP contribution in [0.2, 0.25) is 0 Å². The van der Waals surface area contributed by atoms with Gasteiger partial charge < -0.3 is 5.73 Å². The zero-order chi connectivity index (χ0) is 14.1. The zero-order valence-electron chi connectivity index (χ0n) is 12.9. The Labute approximate surface area is 123 Å². The summed E-state index contributed by atoms with van der Waals surface area (Å²) in [5.41, 5.74) is 9.08. The van der Waals surface area contributed by atoms with Gasteiger partial charge in [-0.05, 0) is 62.1 Å². The molecule has 1 aliphatic carbocycles. The van der Waals surface area contributed by atoms with Crippen LogP contribution in [0.1, 0.15) is 62.6 Å². The molecule has 1 fully saturated rings. The van der Waals surface area contributed by atoms with Crippen LogP contribution in [0.25, 0.3) is 0 Å². The molecule has 1 aliphatic heterocycles. The van der Waals surface area contributed by atoms with Crippen LogP contribution in [0.3, 0.4) is 0 Å². The highest BCUT2D eigenvalue weighted by atomic mass is 15.2. The molecule has 4 unspecified atom stereocenters. The molecule has 2 aliphatic rings. The van der Waals surface area contributed by atoms with Crippen molar-refractivity contribution in [3.8, 4) is 0 Å². The van der Waals surface area contributed by atoms with Crippen LogP contribution in [-0.4, -0.2) is 24.0 Å². The molecule has 1 aromatic carbocycles. The van der Waals surface area contributed by atoms with E-state index in [2.05, 4.69) is 43.0 Å². The Balaban J connectivity index is 1.88. The number of piperidine rings is 1. The average Bonchev–Trinajstić information content (AvgIpc) is 2.49.